The fraction of sp³-hybridized carbons (Fsp3) is 0.450. The monoisotopic (exact) mass is 324 g/mol. The van der Waals surface area contributed by atoms with Crippen LogP contribution in [0.2, 0.25) is 0 Å². The fourth-order valence-corrected chi connectivity index (χ4v) is 3.97. The van der Waals surface area contributed by atoms with Crippen LogP contribution in [0.5, 0.6) is 0 Å². The number of fused-ring (bicyclic) bond motifs is 3. The van der Waals surface area contributed by atoms with Gasteiger partial charge in [-0.15, -0.1) is 6.58 Å². The number of pyridine rings is 1. The summed E-state index contributed by atoms with van der Waals surface area (Å²) in [6.07, 6.45) is 4.39. The van der Waals surface area contributed by atoms with Crippen LogP contribution in [0, 0.1) is 0 Å². The van der Waals surface area contributed by atoms with E-state index in [0.29, 0.717) is 12.6 Å². The zero-order valence-electron chi connectivity index (χ0n) is 13.9. The Morgan fingerprint density at radius 1 is 1.25 bits per heavy atom. The van der Waals surface area contributed by atoms with Crippen molar-refractivity contribution in [1.82, 2.24) is 9.88 Å². The number of nitrogens with zero attached hydrogens (tertiary/aromatic N) is 2. The molecule has 0 N–H and O–H groups in total. The minimum absolute atomic E-state index is 0.144. The third-order valence-electron chi connectivity index (χ3n) is 5.10. The maximum absolute atomic E-state index is 6.03. The number of benzene rings is 1. The summed E-state index contributed by atoms with van der Waals surface area (Å²) in [6, 6.07) is 13.0. The molecular formula is C20H24N2O2. The van der Waals surface area contributed by atoms with Crippen LogP contribution in [0.3, 0.4) is 0 Å². The molecule has 0 radical (unpaired) electrons. The van der Waals surface area contributed by atoms with Crippen molar-refractivity contribution in [3.63, 3.8) is 0 Å². The largest absolute Gasteiger partial charge is 0.374 e. The van der Waals surface area contributed by atoms with Crippen molar-refractivity contribution in [3.8, 4) is 0 Å². The van der Waals surface area contributed by atoms with Gasteiger partial charge in [-0.2, -0.15) is 0 Å². The van der Waals surface area contributed by atoms with Crippen LogP contribution in [0.15, 0.2) is 49.1 Å². The van der Waals surface area contributed by atoms with Crippen molar-refractivity contribution < 1.29 is 9.47 Å². The Morgan fingerprint density at radius 2 is 2.17 bits per heavy atom. The molecule has 3 atom stereocenters. The fourth-order valence-electron chi connectivity index (χ4n) is 3.97. The third-order valence-corrected chi connectivity index (χ3v) is 5.10. The van der Waals surface area contributed by atoms with Gasteiger partial charge >= 0.3 is 0 Å². The van der Waals surface area contributed by atoms with Crippen LogP contribution in [0.1, 0.15) is 18.5 Å². The molecule has 0 spiro atoms. The van der Waals surface area contributed by atoms with E-state index in [0.717, 1.165) is 43.7 Å². The normalized spacial score (nSPS) is 27.2. The first kappa shape index (κ1) is 15.8. The molecule has 24 heavy (non-hydrogen) atoms. The summed E-state index contributed by atoms with van der Waals surface area (Å²) in [5.74, 6) is 0. The van der Waals surface area contributed by atoms with Crippen molar-refractivity contribution >= 4 is 10.9 Å². The predicted octanol–water partition coefficient (Wildman–Crippen LogP) is 3.17. The maximum atomic E-state index is 6.03. The number of para-hydroxylation sites is 1. The molecule has 4 heteroatoms. The number of aromatic nitrogens is 1. The first-order valence-electron chi connectivity index (χ1n) is 8.78. The van der Waals surface area contributed by atoms with Gasteiger partial charge in [-0.3, -0.25) is 9.88 Å². The molecule has 0 unspecified atom stereocenters. The molecule has 2 heterocycles. The summed E-state index contributed by atoms with van der Waals surface area (Å²) < 4.78 is 12.1. The summed E-state index contributed by atoms with van der Waals surface area (Å²) in [7, 11) is 0. The number of hydrogen-bond donors (Lipinski definition) is 0. The lowest BCUT2D eigenvalue weighted by Gasteiger charge is -2.30. The minimum Gasteiger partial charge on any atom is -0.374 e. The van der Waals surface area contributed by atoms with E-state index in [9.17, 15) is 0 Å². The van der Waals surface area contributed by atoms with E-state index < -0.39 is 0 Å². The van der Waals surface area contributed by atoms with Crippen LogP contribution < -0.4 is 0 Å². The molecule has 2 bridgehead atoms. The predicted molar refractivity (Wildman–Crippen MR) is 94.9 cm³/mol. The summed E-state index contributed by atoms with van der Waals surface area (Å²) in [4.78, 5) is 7.31. The Bertz CT molecular complexity index is 718. The van der Waals surface area contributed by atoms with E-state index in [-0.39, 0.29) is 12.2 Å². The van der Waals surface area contributed by atoms with Gasteiger partial charge in [-0.25, -0.2) is 0 Å². The molecule has 1 aromatic heterocycles. The van der Waals surface area contributed by atoms with Gasteiger partial charge in [0, 0.05) is 24.5 Å². The van der Waals surface area contributed by atoms with Gasteiger partial charge in [0.2, 0.25) is 0 Å². The molecule has 2 aromatic rings. The van der Waals surface area contributed by atoms with Crippen molar-refractivity contribution in [1.29, 1.82) is 0 Å². The van der Waals surface area contributed by atoms with Gasteiger partial charge in [0.15, 0.2) is 0 Å². The Hall–Kier alpha value is -1.75. The maximum Gasteiger partial charge on any atom is 0.0995 e. The highest BCUT2D eigenvalue weighted by Crippen LogP contribution is 2.32. The van der Waals surface area contributed by atoms with Gasteiger partial charge < -0.3 is 9.47 Å². The first-order chi connectivity index (χ1) is 11.8. The van der Waals surface area contributed by atoms with E-state index in [4.69, 9.17) is 14.5 Å². The molecule has 1 aromatic carbocycles. The van der Waals surface area contributed by atoms with Crippen LogP contribution in [-0.4, -0.2) is 47.9 Å². The van der Waals surface area contributed by atoms with Gasteiger partial charge in [0.1, 0.15) is 0 Å². The minimum atomic E-state index is 0.144. The van der Waals surface area contributed by atoms with Crippen LogP contribution in [0.25, 0.3) is 10.9 Å². The summed E-state index contributed by atoms with van der Waals surface area (Å²) in [6.45, 7) is 6.90. The Kier molecular flexibility index (Phi) is 4.60. The second kappa shape index (κ2) is 7.01. The van der Waals surface area contributed by atoms with Crippen LogP contribution in [-0.2, 0) is 16.0 Å². The molecule has 1 saturated heterocycles. The zero-order chi connectivity index (χ0) is 16.4. The van der Waals surface area contributed by atoms with Crippen molar-refractivity contribution in [2.24, 2.45) is 0 Å². The van der Waals surface area contributed by atoms with Gasteiger partial charge in [0.25, 0.3) is 0 Å². The number of hydrogen-bond acceptors (Lipinski definition) is 4. The molecule has 0 amide bonds. The quantitative estimate of drug-likeness (QED) is 0.791. The Morgan fingerprint density at radius 3 is 3.08 bits per heavy atom. The lowest BCUT2D eigenvalue weighted by molar-refractivity contribution is -0.0447. The Labute approximate surface area is 143 Å². The van der Waals surface area contributed by atoms with E-state index >= 15 is 0 Å². The second-order valence-corrected chi connectivity index (χ2v) is 6.61. The lowest BCUT2D eigenvalue weighted by atomic mass is 10.1. The van der Waals surface area contributed by atoms with E-state index in [1.165, 1.54) is 5.39 Å². The molecule has 126 valence electrons. The smallest absolute Gasteiger partial charge is 0.0995 e. The van der Waals surface area contributed by atoms with E-state index in [1.807, 2.05) is 12.1 Å². The average molecular weight is 324 g/mol. The molecule has 4 rings (SSSR count). The highest BCUT2D eigenvalue weighted by molar-refractivity contribution is 5.78. The highest BCUT2D eigenvalue weighted by atomic mass is 16.5. The summed E-state index contributed by atoms with van der Waals surface area (Å²) in [5.41, 5.74) is 2.17. The third kappa shape index (κ3) is 3.09. The van der Waals surface area contributed by atoms with Gasteiger partial charge in [0.05, 0.1) is 36.6 Å². The topological polar surface area (TPSA) is 34.6 Å². The van der Waals surface area contributed by atoms with Crippen molar-refractivity contribution in [2.75, 3.05) is 19.8 Å². The molecule has 1 saturated carbocycles. The number of rotatable bonds is 5. The lowest BCUT2D eigenvalue weighted by Crippen LogP contribution is -2.43. The second-order valence-electron chi connectivity index (χ2n) is 6.61. The SMILES string of the molecule is C=CCO[C@@H]1[C@H]2CC[C@H]1OCCN2Cc1ccc2ccccc2n1. The Balaban J connectivity index is 1.54. The molecular weight excluding hydrogens is 300 g/mol. The molecule has 4 nitrogen and oxygen atoms in total. The molecule has 2 fully saturated rings. The standard InChI is InChI=1S/C20H24N2O2/c1-2-12-24-20-18-9-10-19(20)23-13-11-22(18)14-16-8-7-15-5-3-4-6-17(15)21-16/h2-8,18-20H,1,9-14H2/t18-,19-,20-/m1/s1. The first-order valence-corrected chi connectivity index (χ1v) is 8.78. The zero-order valence-corrected chi connectivity index (χ0v) is 13.9. The van der Waals surface area contributed by atoms with Crippen molar-refractivity contribution in [2.45, 2.75) is 37.6 Å². The van der Waals surface area contributed by atoms with E-state index in [2.05, 4.69) is 41.8 Å². The van der Waals surface area contributed by atoms with Crippen LogP contribution >= 0.6 is 0 Å². The molecule has 1 aliphatic heterocycles. The van der Waals surface area contributed by atoms with Gasteiger partial charge in [-0.1, -0.05) is 30.3 Å². The van der Waals surface area contributed by atoms with Gasteiger partial charge in [-0.05, 0) is 25.0 Å². The van der Waals surface area contributed by atoms with Crippen LogP contribution in [0.4, 0.5) is 0 Å². The molecule has 2 aliphatic rings. The van der Waals surface area contributed by atoms with E-state index in [1.54, 1.807) is 0 Å². The average Bonchev–Trinajstić information content (AvgIpc) is 2.92. The molecule has 1 aliphatic carbocycles. The summed E-state index contributed by atoms with van der Waals surface area (Å²) in [5, 5.41) is 1.19. The highest BCUT2D eigenvalue weighted by Gasteiger charge is 2.42. The number of ether oxygens (including phenoxy) is 2. The van der Waals surface area contributed by atoms with Crippen molar-refractivity contribution in [3.05, 3.63) is 54.7 Å². The summed E-state index contributed by atoms with van der Waals surface area (Å²) >= 11 is 0.